The first kappa shape index (κ1) is 15.5. The Labute approximate surface area is 124 Å². The van der Waals surface area contributed by atoms with Crippen molar-refractivity contribution < 1.29 is 9.59 Å². The molecule has 0 radical (unpaired) electrons. The zero-order chi connectivity index (χ0) is 15.4. The molecule has 1 fully saturated rings. The van der Waals surface area contributed by atoms with E-state index in [4.69, 9.17) is 0 Å². The number of rotatable bonds is 5. The highest BCUT2D eigenvalue weighted by Crippen LogP contribution is 2.16. The lowest BCUT2D eigenvalue weighted by Gasteiger charge is -2.20. The maximum atomic E-state index is 12.2. The van der Waals surface area contributed by atoms with Gasteiger partial charge in [0.2, 0.25) is 11.8 Å². The highest BCUT2D eigenvalue weighted by atomic mass is 16.2. The smallest absolute Gasteiger partial charge is 0.248 e. The van der Waals surface area contributed by atoms with E-state index in [1.807, 2.05) is 24.7 Å². The summed E-state index contributed by atoms with van der Waals surface area (Å²) in [5.74, 6) is 0.0688. The van der Waals surface area contributed by atoms with Crippen LogP contribution >= 0.6 is 0 Å². The summed E-state index contributed by atoms with van der Waals surface area (Å²) in [5.41, 5.74) is 0. The Hall–Kier alpha value is -1.89. The highest BCUT2D eigenvalue weighted by molar-refractivity contribution is 5.96. The maximum Gasteiger partial charge on any atom is 0.248 e. The molecule has 7 heteroatoms. The zero-order valence-corrected chi connectivity index (χ0v) is 12.7. The van der Waals surface area contributed by atoms with Crippen LogP contribution in [0.15, 0.2) is 12.3 Å². The number of anilines is 1. The van der Waals surface area contributed by atoms with E-state index in [-0.39, 0.29) is 17.7 Å². The monoisotopic (exact) mass is 293 g/mol. The second kappa shape index (κ2) is 6.71. The normalized spacial score (nSPS) is 19.5. The van der Waals surface area contributed by atoms with Crippen molar-refractivity contribution in [2.45, 2.75) is 39.3 Å². The Morgan fingerprint density at radius 2 is 2.24 bits per heavy atom. The average Bonchev–Trinajstić information content (AvgIpc) is 3.05. The van der Waals surface area contributed by atoms with Crippen LogP contribution in [0.25, 0.3) is 0 Å². The van der Waals surface area contributed by atoms with Crippen LogP contribution in [0.5, 0.6) is 0 Å². The van der Waals surface area contributed by atoms with Gasteiger partial charge < -0.3 is 16.0 Å². The fourth-order valence-electron chi connectivity index (χ4n) is 2.43. The molecular weight excluding hydrogens is 270 g/mol. The molecule has 2 atom stereocenters. The quantitative estimate of drug-likeness (QED) is 0.738. The second-order valence-corrected chi connectivity index (χ2v) is 5.74. The summed E-state index contributed by atoms with van der Waals surface area (Å²) in [7, 11) is 0. The van der Waals surface area contributed by atoms with Crippen LogP contribution < -0.4 is 16.0 Å². The number of nitrogens with one attached hydrogen (secondary N) is 3. The van der Waals surface area contributed by atoms with Gasteiger partial charge in [-0.25, -0.2) is 0 Å². The summed E-state index contributed by atoms with van der Waals surface area (Å²) in [6.45, 7) is 7.08. The van der Waals surface area contributed by atoms with E-state index in [9.17, 15) is 9.59 Å². The Balaban J connectivity index is 1.99. The van der Waals surface area contributed by atoms with E-state index in [1.165, 1.54) is 6.92 Å². The number of carbonyl (C=O) groups excluding carboxylic acids is 2. The van der Waals surface area contributed by atoms with Gasteiger partial charge >= 0.3 is 0 Å². The van der Waals surface area contributed by atoms with Crippen molar-refractivity contribution in [1.29, 1.82) is 0 Å². The van der Waals surface area contributed by atoms with Crippen molar-refractivity contribution >= 4 is 17.6 Å². The van der Waals surface area contributed by atoms with Crippen LogP contribution in [0.1, 0.15) is 33.2 Å². The molecule has 0 spiro atoms. The van der Waals surface area contributed by atoms with Gasteiger partial charge in [-0.15, -0.1) is 0 Å². The second-order valence-electron chi connectivity index (χ2n) is 5.74. The number of amides is 2. The van der Waals surface area contributed by atoms with Gasteiger partial charge in [-0.2, -0.15) is 5.10 Å². The molecule has 3 N–H and O–H groups in total. The summed E-state index contributed by atoms with van der Waals surface area (Å²) >= 11 is 0. The molecule has 0 aromatic carbocycles. The van der Waals surface area contributed by atoms with Crippen molar-refractivity contribution in [1.82, 2.24) is 20.4 Å². The van der Waals surface area contributed by atoms with Gasteiger partial charge in [0.05, 0.1) is 6.04 Å². The molecule has 2 amide bonds. The number of hydrogen-bond acceptors (Lipinski definition) is 4. The fraction of sp³-hybridized carbons (Fsp3) is 0.643. The third-order valence-electron chi connectivity index (χ3n) is 3.58. The lowest BCUT2D eigenvalue weighted by Crippen LogP contribution is -2.46. The first-order valence-corrected chi connectivity index (χ1v) is 7.31. The first-order valence-electron chi connectivity index (χ1n) is 7.31. The van der Waals surface area contributed by atoms with E-state index in [2.05, 4.69) is 21.0 Å². The molecule has 0 unspecified atom stereocenters. The molecular formula is C14H23N5O2. The lowest BCUT2D eigenvalue weighted by molar-refractivity contribution is -0.126. The Kier molecular flexibility index (Phi) is 4.95. The van der Waals surface area contributed by atoms with Crippen molar-refractivity contribution in [2.24, 2.45) is 5.92 Å². The van der Waals surface area contributed by atoms with E-state index in [0.717, 1.165) is 19.5 Å². The predicted octanol–water partition coefficient (Wildman–Crippen LogP) is 0.517. The van der Waals surface area contributed by atoms with Crippen LogP contribution in [-0.4, -0.2) is 40.7 Å². The van der Waals surface area contributed by atoms with Crippen molar-refractivity contribution in [2.75, 3.05) is 18.4 Å². The maximum absolute atomic E-state index is 12.2. The third-order valence-corrected chi connectivity index (χ3v) is 3.58. The van der Waals surface area contributed by atoms with E-state index < -0.39 is 6.04 Å². The number of carbonyl (C=O) groups is 2. The molecule has 0 aliphatic carbocycles. The van der Waals surface area contributed by atoms with E-state index >= 15 is 0 Å². The molecule has 7 nitrogen and oxygen atoms in total. The van der Waals surface area contributed by atoms with Crippen molar-refractivity contribution in [3.8, 4) is 0 Å². The highest BCUT2D eigenvalue weighted by Gasteiger charge is 2.24. The molecule has 0 bridgehead atoms. The van der Waals surface area contributed by atoms with E-state index in [0.29, 0.717) is 11.9 Å². The van der Waals surface area contributed by atoms with Gasteiger partial charge in [-0.1, -0.05) is 13.8 Å². The summed E-state index contributed by atoms with van der Waals surface area (Å²) < 4.78 is 1.87. The van der Waals surface area contributed by atoms with Crippen LogP contribution in [0.3, 0.4) is 0 Å². The van der Waals surface area contributed by atoms with Gasteiger partial charge in [-0.05, 0) is 18.9 Å². The minimum absolute atomic E-state index is 0.00928. The molecule has 1 aromatic rings. The van der Waals surface area contributed by atoms with E-state index in [1.54, 1.807) is 6.07 Å². The Morgan fingerprint density at radius 1 is 1.48 bits per heavy atom. The number of hydrogen-bond donors (Lipinski definition) is 3. The van der Waals surface area contributed by atoms with Gasteiger partial charge in [0.1, 0.15) is 6.04 Å². The fourth-order valence-corrected chi connectivity index (χ4v) is 2.43. The van der Waals surface area contributed by atoms with Crippen molar-refractivity contribution in [3.05, 3.63) is 12.3 Å². The third kappa shape index (κ3) is 4.04. The SMILES string of the molecule is CC(=O)N[C@H](C(=O)Nc1ccn([C@H]2CCNC2)n1)C(C)C. The summed E-state index contributed by atoms with van der Waals surface area (Å²) in [6, 6.07) is 1.56. The Bertz CT molecular complexity index is 505. The molecule has 21 heavy (non-hydrogen) atoms. The average molecular weight is 293 g/mol. The minimum Gasteiger partial charge on any atom is -0.344 e. The minimum atomic E-state index is -0.555. The summed E-state index contributed by atoms with van der Waals surface area (Å²) in [5, 5.41) is 13.1. The zero-order valence-electron chi connectivity index (χ0n) is 12.7. The van der Waals surface area contributed by atoms with Crippen LogP contribution in [0.2, 0.25) is 0 Å². The van der Waals surface area contributed by atoms with Crippen LogP contribution in [0.4, 0.5) is 5.82 Å². The van der Waals surface area contributed by atoms with Gasteiger partial charge in [-0.3, -0.25) is 14.3 Å². The molecule has 2 rings (SSSR count). The number of nitrogens with zero attached hydrogens (tertiary/aromatic N) is 2. The first-order chi connectivity index (χ1) is 9.97. The number of aromatic nitrogens is 2. The summed E-state index contributed by atoms with van der Waals surface area (Å²) in [4.78, 5) is 23.4. The van der Waals surface area contributed by atoms with Gasteiger partial charge in [0.15, 0.2) is 5.82 Å². The van der Waals surface area contributed by atoms with Crippen LogP contribution in [0, 0.1) is 5.92 Å². The molecule has 0 saturated carbocycles. The lowest BCUT2D eigenvalue weighted by atomic mass is 10.0. The molecule has 1 aromatic heterocycles. The van der Waals surface area contributed by atoms with Gasteiger partial charge in [0, 0.05) is 25.7 Å². The largest absolute Gasteiger partial charge is 0.344 e. The molecule has 1 saturated heterocycles. The summed E-state index contributed by atoms with van der Waals surface area (Å²) in [6.07, 6.45) is 2.91. The molecule has 1 aliphatic heterocycles. The standard InChI is InChI=1S/C14H23N5O2/c1-9(2)13(16-10(3)20)14(21)17-12-5-7-19(18-12)11-4-6-15-8-11/h5,7,9,11,13,15H,4,6,8H2,1-3H3,(H,16,20)(H,17,18,21)/t11-,13-/m0/s1. The molecule has 2 heterocycles. The van der Waals surface area contributed by atoms with Crippen molar-refractivity contribution in [3.63, 3.8) is 0 Å². The van der Waals surface area contributed by atoms with Gasteiger partial charge in [0.25, 0.3) is 0 Å². The van der Waals surface area contributed by atoms with Crippen LogP contribution in [-0.2, 0) is 9.59 Å². The topological polar surface area (TPSA) is 88.0 Å². The predicted molar refractivity (Wildman–Crippen MR) is 79.8 cm³/mol. The molecule has 1 aliphatic rings. The molecule has 116 valence electrons. The Morgan fingerprint density at radius 3 is 2.81 bits per heavy atom.